The van der Waals surface area contributed by atoms with E-state index in [0.29, 0.717) is 19.3 Å². The van der Waals surface area contributed by atoms with Crippen LogP contribution in [0, 0.1) is 5.92 Å². The van der Waals surface area contributed by atoms with Gasteiger partial charge in [-0.15, -0.1) is 0 Å². The van der Waals surface area contributed by atoms with Crippen molar-refractivity contribution in [3.63, 3.8) is 0 Å². The quantitative estimate of drug-likeness (QED) is 0.315. The molecule has 0 aromatic rings. The Hall–Kier alpha value is 0.480. The third-order valence-electron chi connectivity index (χ3n) is 2.80. The van der Waals surface area contributed by atoms with Crippen LogP contribution in [0.4, 0.5) is 0 Å². The molecule has 3 atom stereocenters. The molecule has 0 aliphatic heterocycles. The lowest BCUT2D eigenvalue weighted by atomic mass is 10.0. The molecule has 0 heterocycles. The van der Waals surface area contributed by atoms with Crippen molar-refractivity contribution in [2.45, 2.75) is 30.2 Å². The second-order valence-electron chi connectivity index (χ2n) is 4.17. The Bertz CT molecular complexity index is 349. The molecule has 0 spiro atoms. The number of carbonyl (C=O) groups is 1. The molecule has 3 unspecified atom stereocenters. The average Bonchev–Trinajstić information content (AvgIpc) is 2.47. The summed E-state index contributed by atoms with van der Waals surface area (Å²) in [5.74, 6) is -0.684. The molecular formula is C7H15O7P2S+. The lowest BCUT2D eigenvalue weighted by Crippen LogP contribution is -2.30. The summed E-state index contributed by atoms with van der Waals surface area (Å²) < 4.78 is 11.2. The predicted octanol–water partition coefficient (Wildman–Crippen LogP) is -0.103. The third-order valence-corrected chi connectivity index (χ3v) is 5.73. The normalized spacial score (nSPS) is 28.1. The van der Waals surface area contributed by atoms with Gasteiger partial charge in [-0.1, -0.05) is 0 Å². The zero-order valence-corrected chi connectivity index (χ0v) is 11.4. The van der Waals surface area contributed by atoms with Crippen molar-refractivity contribution in [2.75, 3.05) is 0 Å². The van der Waals surface area contributed by atoms with Crippen molar-refractivity contribution in [3.8, 4) is 0 Å². The van der Waals surface area contributed by atoms with Gasteiger partial charge in [0.05, 0.1) is 0 Å². The summed E-state index contributed by atoms with van der Waals surface area (Å²) in [6, 6.07) is 0. The Morgan fingerprint density at radius 2 is 1.82 bits per heavy atom. The first-order valence-electron chi connectivity index (χ1n) is 4.88. The van der Waals surface area contributed by atoms with E-state index in [4.69, 9.17) is 24.5 Å². The molecule has 17 heavy (non-hydrogen) atoms. The van der Waals surface area contributed by atoms with Crippen molar-refractivity contribution in [3.05, 3.63) is 0 Å². The number of rotatable bonds is 4. The van der Waals surface area contributed by atoms with Gasteiger partial charge in [0.2, 0.25) is 0 Å². The molecule has 1 rings (SSSR count). The van der Waals surface area contributed by atoms with Gasteiger partial charge in [0.1, 0.15) is 0 Å². The standard InChI is InChI=1S/C7H14O7P2S/c8-7(16(12,13)14)6(15(9,10)11)4-1-2-5(17)3-4/h4-6,12-14H,1-3H2,(H2-,9,10,11,17)/p+1. The van der Waals surface area contributed by atoms with Crippen LogP contribution < -0.4 is 0 Å². The van der Waals surface area contributed by atoms with Crippen LogP contribution in [-0.2, 0) is 9.36 Å². The monoisotopic (exact) mass is 305 g/mol. The average molecular weight is 305 g/mol. The fourth-order valence-corrected chi connectivity index (χ4v) is 5.09. The number of hydrogen-bond donors (Lipinski definition) is 6. The second-order valence-corrected chi connectivity index (χ2v) is 8.21. The molecule has 1 aliphatic carbocycles. The smallest absolute Gasteiger partial charge is 0.324 e. The van der Waals surface area contributed by atoms with E-state index in [-0.39, 0.29) is 5.25 Å². The van der Waals surface area contributed by atoms with Crippen LogP contribution in [0.1, 0.15) is 19.3 Å². The highest BCUT2D eigenvalue weighted by molar-refractivity contribution is 7.81. The first kappa shape index (κ1) is 15.5. The topological polar surface area (TPSA) is 135 Å². The summed E-state index contributed by atoms with van der Waals surface area (Å²) in [5, 5.41) is -0.0781. The van der Waals surface area contributed by atoms with Crippen LogP contribution >= 0.6 is 28.2 Å². The molecule has 0 bridgehead atoms. The van der Waals surface area contributed by atoms with Gasteiger partial charge in [0, 0.05) is 5.25 Å². The lowest BCUT2D eigenvalue weighted by Gasteiger charge is -2.21. The first-order valence-corrected chi connectivity index (χ1v) is 8.73. The summed E-state index contributed by atoms with van der Waals surface area (Å²) in [4.78, 5) is 56.3. The second kappa shape index (κ2) is 5.23. The molecule has 5 N–H and O–H groups in total. The predicted molar refractivity (Wildman–Crippen MR) is 64.5 cm³/mol. The Morgan fingerprint density at radius 1 is 1.29 bits per heavy atom. The summed E-state index contributed by atoms with van der Waals surface area (Å²) in [5.41, 5.74) is -3.41. The van der Waals surface area contributed by atoms with E-state index in [1.807, 2.05) is 0 Å². The van der Waals surface area contributed by atoms with Gasteiger partial charge in [-0.3, -0.25) is 4.57 Å². The van der Waals surface area contributed by atoms with E-state index >= 15 is 0 Å². The van der Waals surface area contributed by atoms with Gasteiger partial charge >= 0.3 is 21.1 Å². The Kier molecular flexibility index (Phi) is 4.78. The molecule has 10 heteroatoms. The zero-order chi connectivity index (χ0) is 13.4. The van der Waals surface area contributed by atoms with Crippen LogP contribution in [-0.4, -0.2) is 40.9 Å². The van der Waals surface area contributed by atoms with Gasteiger partial charge in [0.25, 0.3) is 0 Å². The molecule has 1 aliphatic rings. The van der Waals surface area contributed by atoms with Gasteiger partial charge in [-0.05, 0) is 25.2 Å². The molecule has 1 fully saturated rings. The summed E-state index contributed by atoms with van der Waals surface area (Å²) in [6.07, 6.45) is 1.24. The minimum Gasteiger partial charge on any atom is -0.324 e. The minimum absolute atomic E-state index is 0.0781. The summed E-state index contributed by atoms with van der Waals surface area (Å²) in [7, 11) is -9.73. The van der Waals surface area contributed by atoms with Crippen LogP contribution in [0.5, 0.6) is 0 Å². The van der Waals surface area contributed by atoms with Crippen molar-refractivity contribution in [1.82, 2.24) is 0 Å². The zero-order valence-electron chi connectivity index (χ0n) is 8.75. The van der Waals surface area contributed by atoms with E-state index < -0.39 is 32.6 Å². The molecule has 7 nitrogen and oxygen atoms in total. The largest absolute Gasteiger partial charge is 0.479 e. The summed E-state index contributed by atoms with van der Waals surface area (Å²) in [6.45, 7) is 0. The van der Waals surface area contributed by atoms with Crippen LogP contribution in [0.2, 0.25) is 0 Å². The fraction of sp³-hybridized carbons (Fsp3) is 0.857. The third kappa shape index (κ3) is 3.98. The molecule has 100 valence electrons. The van der Waals surface area contributed by atoms with Crippen LogP contribution in [0.15, 0.2) is 0 Å². The van der Waals surface area contributed by atoms with Crippen molar-refractivity contribution < 1.29 is 33.8 Å². The molecule has 0 saturated heterocycles. The molecule has 0 aromatic heterocycles. The van der Waals surface area contributed by atoms with E-state index in [1.165, 1.54) is 0 Å². The molecule has 0 aromatic carbocycles. The van der Waals surface area contributed by atoms with Gasteiger partial charge in [0.15, 0.2) is 5.66 Å². The number of carbonyl (C=O) groups excluding carboxylic acids is 1. The molecule has 0 radical (unpaired) electrons. The maximum Gasteiger partial charge on any atom is 0.479 e. The first-order chi connectivity index (χ1) is 7.53. The van der Waals surface area contributed by atoms with E-state index in [2.05, 4.69) is 12.6 Å². The van der Waals surface area contributed by atoms with Crippen LogP contribution in [0.3, 0.4) is 0 Å². The SMILES string of the molecule is O=C(C(C1CCC(S)C1)P(=O)(O)O)[P+](O)(O)O. The molecule has 0 amide bonds. The maximum absolute atomic E-state index is 11.5. The Labute approximate surface area is 104 Å². The highest BCUT2D eigenvalue weighted by Crippen LogP contribution is 2.58. The number of hydrogen-bond acceptors (Lipinski definition) is 6. The summed E-state index contributed by atoms with van der Waals surface area (Å²) >= 11 is 4.14. The fourth-order valence-electron chi connectivity index (χ4n) is 2.08. The highest BCUT2D eigenvalue weighted by Gasteiger charge is 2.57. The van der Waals surface area contributed by atoms with Crippen molar-refractivity contribution in [2.24, 2.45) is 5.92 Å². The number of thiol groups is 1. The van der Waals surface area contributed by atoms with Gasteiger partial charge < -0.3 is 9.79 Å². The minimum atomic E-state index is -4.89. The Balaban J connectivity index is 2.98. The van der Waals surface area contributed by atoms with E-state index in [1.54, 1.807) is 0 Å². The van der Waals surface area contributed by atoms with Crippen molar-refractivity contribution in [1.29, 1.82) is 0 Å². The Morgan fingerprint density at radius 3 is 2.12 bits per heavy atom. The molecular weight excluding hydrogens is 290 g/mol. The van der Waals surface area contributed by atoms with Crippen molar-refractivity contribution >= 4 is 33.7 Å². The van der Waals surface area contributed by atoms with Gasteiger partial charge in [-0.2, -0.15) is 27.3 Å². The van der Waals surface area contributed by atoms with Crippen LogP contribution in [0.25, 0.3) is 0 Å². The van der Waals surface area contributed by atoms with E-state index in [9.17, 15) is 9.36 Å². The maximum atomic E-state index is 11.5. The highest BCUT2D eigenvalue weighted by atomic mass is 32.1. The molecule has 1 saturated carbocycles. The van der Waals surface area contributed by atoms with E-state index in [0.717, 1.165) is 0 Å². The lowest BCUT2D eigenvalue weighted by molar-refractivity contribution is -0.114. The van der Waals surface area contributed by atoms with Gasteiger partial charge in [-0.25, -0.2) is 4.79 Å².